The highest BCUT2D eigenvalue weighted by Gasteiger charge is 2.30. The fourth-order valence-electron chi connectivity index (χ4n) is 2.10. The number of carbonyl (C=O) groups is 2. The molecule has 2 rings (SSSR count). The molecule has 12 heteroatoms. The highest BCUT2D eigenvalue weighted by atomic mass is 79.9. The number of alkyl halides is 3. The Hall–Kier alpha value is -2.44. The molecule has 0 heterocycles. The third-order valence-corrected chi connectivity index (χ3v) is 5.22. The van der Waals surface area contributed by atoms with E-state index in [-0.39, 0.29) is 20.6 Å². The van der Waals surface area contributed by atoms with E-state index in [1.54, 1.807) is 0 Å². The zero-order valence-corrected chi connectivity index (χ0v) is 17.1. The second kappa shape index (κ2) is 8.51. The molecular formula is C17H14BrF3N2O5S. The van der Waals surface area contributed by atoms with Gasteiger partial charge >= 0.3 is 12.1 Å². The van der Waals surface area contributed by atoms with Gasteiger partial charge in [-0.25, -0.2) is 18.4 Å². The summed E-state index contributed by atoms with van der Waals surface area (Å²) < 4.78 is 65.7. The van der Waals surface area contributed by atoms with Gasteiger partial charge in [-0.2, -0.15) is 13.2 Å². The second-order valence-corrected chi connectivity index (χ2v) is 8.21. The summed E-state index contributed by atoms with van der Waals surface area (Å²) in [7, 11) is -4.06. The Morgan fingerprint density at radius 2 is 1.72 bits per heavy atom. The molecule has 156 valence electrons. The molecule has 7 nitrogen and oxygen atoms in total. The Morgan fingerprint density at radius 3 is 2.24 bits per heavy atom. The summed E-state index contributed by atoms with van der Waals surface area (Å²) in [5.74, 6) is -1.80. The van der Waals surface area contributed by atoms with Gasteiger partial charge in [0.2, 0.25) is 10.0 Å². The number of benzene rings is 2. The molecule has 1 atom stereocenters. The van der Waals surface area contributed by atoms with Crippen LogP contribution in [0.4, 0.5) is 18.9 Å². The smallest absolute Gasteiger partial charge is 0.416 e. The fraction of sp³-hybridized carbons (Fsp3) is 0.176. The lowest BCUT2D eigenvalue weighted by molar-refractivity contribution is -0.137. The van der Waals surface area contributed by atoms with Crippen LogP contribution >= 0.6 is 15.9 Å². The second-order valence-electron chi connectivity index (χ2n) is 5.80. The summed E-state index contributed by atoms with van der Waals surface area (Å²) in [6.45, 7) is 1.24. The molecule has 0 aliphatic carbocycles. The SMILES string of the molecule is CC(OC(=O)c1cc(S(N)(=O)=O)ccc1Br)C(=O)Nc1ccc(C(F)(F)F)cc1. The number of anilines is 1. The maximum atomic E-state index is 12.6. The van der Waals surface area contributed by atoms with Gasteiger partial charge in [-0.05, 0) is 65.3 Å². The Kier molecular flexibility index (Phi) is 6.71. The molecule has 1 amide bonds. The monoisotopic (exact) mass is 494 g/mol. The Morgan fingerprint density at radius 1 is 1.14 bits per heavy atom. The lowest BCUT2D eigenvalue weighted by atomic mass is 10.2. The first-order valence-electron chi connectivity index (χ1n) is 7.80. The number of hydrogen-bond acceptors (Lipinski definition) is 5. The van der Waals surface area contributed by atoms with Crippen LogP contribution < -0.4 is 10.5 Å². The van der Waals surface area contributed by atoms with E-state index in [1.165, 1.54) is 19.1 Å². The van der Waals surface area contributed by atoms with Crippen LogP contribution in [-0.4, -0.2) is 26.4 Å². The summed E-state index contributed by atoms with van der Waals surface area (Å²) >= 11 is 3.07. The van der Waals surface area contributed by atoms with Crippen LogP contribution in [0.25, 0.3) is 0 Å². The van der Waals surface area contributed by atoms with E-state index in [1.807, 2.05) is 0 Å². The highest BCUT2D eigenvalue weighted by molar-refractivity contribution is 9.10. The Bertz CT molecular complexity index is 1040. The molecule has 0 aromatic heterocycles. The van der Waals surface area contributed by atoms with Crippen molar-refractivity contribution in [2.24, 2.45) is 5.14 Å². The number of carbonyl (C=O) groups excluding carboxylic acids is 2. The molecule has 0 bridgehead atoms. The largest absolute Gasteiger partial charge is 0.449 e. The zero-order valence-electron chi connectivity index (χ0n) is 14.7. The summed E-state index contributed by atoms with van der Waals surface area (Å²) in [6, 6.07) is 7.15. The number of sulfonamides is 1. The van der Waals surface area contributed by atoms with E-state index in [4.69, 9.17) is 9.88 Å². The van der Waals surface area contributed by atoms with Crippen molar-refractivity contribution in [2.45, 2.75) is 24.1 Å². The number of primary sulfonamides is 1. The molecule has 3 N–H and O–H groups in total. The standard InChI is InChI=1S/C17H14BrF3N2O5S/c1-9(15(24)23-11-4-2-10(3-5-11)17(19,20)21)28-16(25)13-8-12(29(22,26)27)6-7-14(13)18/h2-9H,1H3,(H,23,24)(H2,22,26,27). The van der Waals surface area contributed by atoms with Gasteiger partial charge in [0.15, 0.2) is 6.10 Å². The van der Waals surface area contributed by atoms with Crippen molar-refractivity contribution in [3.8, 4) is 0 Å². The third-order valence-electron chi connectivity index (χ3n) is 3.62. The minimum atomic E-state index is -4.51. The molecule has 0 aliphatic heterocycles. The molecule has 0 spiro atoms. The van der Waals surface area contributed by atoms with E-state index in [9.17, 15) is 31.2 Å². The summed E-state index contributed by atoms with van der Waals surface area (Å²) in [5, 5.41) is 7.34. The van der Waals surface area contributed by atoms with E-state index in [2.05, 4.69) is 21.2 Å². The van der Waals surface area contributed by atoms with Crippen LogP contribution in [0.2, 0.25) is 0 Å². The molecule has 29 heavy (non-hydrogen) atoms. The molecule has 0 radical (unpaired) electrons. The average molecular weight is 495 g/mol. The normalized spacial score (nSPS) is 12.9. The quantitative estimate of drug-likeness (QED) is 0.618. The molecule has 1 unspecified atom stereocenters. The van der Waals surface area contributed by atoms with E-state index < -0.39 is 39.7 Å². The zero-order chi connectivity index (χ0) is 22.0. The molecule has 0 aliphatic rings. The number of hydrogen-bond donors (Lipinski definition) is 2. The number of nitrogens with one attached hydrogen (secondary N) is 1. The topological polar surface area (TPSA) is 116 Å². The number of halogens is 4. The highest BCUT2D eigenvalue weighted by Crippen LogP contribution is 2.30. The van der Waals surface area contributed by atoms with Crippen molar-refractivity contribution in [3.05, 3.63) is 58.1 Å². The van der Waals surface area contributed by atoms with E-state index in [0.29, 0.717) is 0 Å². The summed E-state index contributed by atoms with van der Waals surface area (Å²) in [5.41, 5.74) is -0.983. The van der Waals surface area contributed by atoms with E-state index in [0.717, 1.165) is 30.3 Å². The number of esters is 1. The molecular weight excluding hydrogens is 481 g/mol. The first-order valence-corrected chi connectivity index (χ1v) is 10.1. The van der Waals surface area contributed by atoms with Gasteiger partial charge < -0.3 is 10.1 Å². The minimum Gasteiger partial charge on any atom is -0.449 e. The lowest BCUT2D eigenvalue weighted by Gasteiger charge is -2.15. The van der Waals surface area contributed by atoms with Crippen LogP contribution in [0.1, 0.15) is 22.8 Å². The van der Waals surface area contributed by atoms with Crippen molar-refractivity contribution in [2.75, 3.05) is 5.32 Å². The number of ether oxygens (including phenoxy) is 1. The predicted molar refractivity (Wildman–Crippen MR) is 100 cm³/mol. The Balaban J connectivity index is 2.09. The summed E-state index contributed by atoms with van der Waals surface area (Å²) in [4.78, 5) is 24.1. The van der Waals surface area contributed by atoms with Gasteiger partial charge in [0.25, 0.3) is 5.91 Å². The third kappa shape index (κ3) is 6.02. The average Bonchev–Trinajstić information content (AvgIpc) is 2.60. The van der Waals surface area contributed by atoms with Crippen molar-refractivity contribution in [3.63, 3.8) is 0 Å². The van der Waals surface area contributed by atoms with Crippen molar-refractivity contribution in [1.29, 1.82) is 0 Å². The first-order chi connectivity index (χ1) is 13.3. The predicted octanol–water partition coefficient (Wildman–Crippen LogP) is 3.30. The van der Waals surface area contributed by atoms with Crippen LogP contribution in [0, 0.1) is 0 Å². The van der Waals surface area contributed by atoms with Crippen molar-refractivity contribution in [1.82, 2.24) is 0 Å². The van der Waals surface area contributed by atoms with Crippen LogP contribution in [0.3, 0.4) is 0 Å². The Labute approximate surface area is 172 Å². The number of rotatable bonds is 5. The number of nitrogens with two attached hydrogens (primary N) is 1. The van der Waals surface area contributed by atoms with Crippen molar-refractivity contribution < 1.29 is 35.9 Å². The first kappa shape index (κ1) is 22.8. The van der Waals surface area contributed by atoms with Gasteiger partial charge in [-0.15, -0.1) is 0 Å². The maximum Gasteiger partial charge on any atom is 0.416 e. The molecule has 0 saturated heterocycles. The van der Waals surface area contributed by atoms with Gasteiger partial charge in [-0.3, -0.25) is 4.79 Å². The van der Waals surface area contributed by atoms with E-state index >= 15 is 0 Å². The van der Waals surface area contributed by atoms with Gasteiger partial charge in [0, 0.05) is 10.2 Å². The van der Waals surface area contributed by atoms with Gasteiger partial charge in [-0.1, -0.05) is 0 Å². The van der Waals surface area contributed by atoms with Gasteiger partial charge in [0.1, 0.15) is 0 Å². The molecule has 0 fully saturated rings. The summed E-state index contributed by atoms with van der Waals surface area (Å²) in [6.07, 6.45) is -5.83. The lowest BCUT2D eigenvalue weighted by Crippen LogP contribution is -2.30. The van der Waals surface area contributed by atoms with Crippen LogP contribution in [0.15, 0.2) is 51.8 Å². The molecule has 0 saturated carbocycles. The van der Waals surface area contributed by atoms with Crippen LogP contribution in [-0.2, 0) is 25.7 Å². The number of amides is 1. The van der Waals surface area contributed by atoms with Crippen LogP contribution in [0.5, 0.6) is 0 Å². The van der Waals surface area contributed by atoms with Gasteiger partial charge in [0.05, 0.1) is 16.0 Å². The van der Waals surface area contributed by atoms with Crippen molar-refractivity contribution >= 4 is 43.5 Å². The molecule has 2 aromatic rings. The minimum absolute atomic E-state index is 0.0725. The fourth-order valence-corrected chi connectivity index (χ4v) is 3.05. The maximum absolute atomic E-state index is 12.6. The molecule has 2 aromatic carbocycles.